The Hall–Kier alpha value is -2.73. The van der Waals surface area contributed by atoms with Crippen LogP contribution in [0.2, 0.25) is 0 Å². The Morgan fingerprint density at radius 3 is 2.42 bits per heavy atom. The van der Waals surface area contributed by atoms with Crippen LogP contribution in [0.5, 0.6) is 11.5 Å². The van der Waals surface area contributed by atoms with Crippen LogP contribution >= 0.6 is 15.9 Å². The van der Waals surface area contributed by atoms with Crippen LogP contribution in [0, 0.1) is 34.5 Å². The van der Waals surface area contributed by atoms with E-state index < -0.39 is 11.4 Å². The first-order chi connectivity index (χ1) is 20.1. The van der Waals surface area contributed by atoms with Crippen LogP contribution in [-0.4, -0.2) is 26.3 Å². The molecule has 6 heteroatoms. The molecule has 3 aromatic rings. The fraction of sp³-hybridized carbons (Fsp3) is 0.541. The predicted octanol–water partition coefficient (Wildman–Crippen LogP) is 9.48. The van der Waals surface area contributed by atoms with E-state index in [1.54, 1.807) is 0 Å². The number of benzene rings is 2. The van der Waals surface area contributed by atoms with E-state index in [1.807, 2.05) is 19.9 Å². The van der Waals surface area contributed by atoms with Gasteiger partial charge < -0.3 is 20.3 Å². The second-order valence-electron chi connectivity index (χ2n) is 15.7. The number of aliphatic carboxylic acids is 1. The number of H-pyrrole nitrogens is 1. The highest BCUT2D eigenvalue weighted by Gasteiger charge is 2.67. The molecule has 3 fully saturated rings. The maximum atomic E-state index is 12.5. The predicted molar refractivity (Wildman–Crippen MR) is 174 cm³/mol. The van der Waals surface area contributed by atoms with Crippen LogP contribution in [0.15, 0.2) is 46.6 Å². The first-order valence-electron chi connectivity index (χ1n) is 15.9. The zero-order chi connectivity index (χ0) is 30.9. The monoisotopic (exact) mass is 645 g/mol. The van der Waals surface area contributed by atoms with E-state index in [0.717, 1.165) is 77.0 Å². The van der Waals surface area contributed by atoms with Gasteiger partial charge in [0.25, 0.3) is 0 Å². The molecule has 43 heavy (non-hydrogen) atoms. The number of carbonyl (C=O) groups is 1. The molecular formula is C37H44BrNO4. The molecule has 3 saturated carbocycles. The summed E-state index contributed by atoms with van der Waals surface area (Å²) in [6.07, 6.45) is 11.1. The standard InChI is InChI=1S/C37H44BrNO4/c1-20-30-23(24-19-39-26-15-21(38)7-8-22(24)26)16-28-35(4,25(30)17-27(40)31(20)41)12-14-37(6)29-18-34(3,32(42)43)10-9-33(29,2)11-13-36(28,37)5/h7-8,15-17,19,23,29,39-41H,9-14,18H2,1-6H3,(H,42,43)/t23-,29+,33+,34+,35-,36+,37-/m0/s1. The number of aromatic nitrogens is 1. The fourth-order valence-corrected chi connectivity index (χ4v) is 10.9. The lowest BCUT2D eigenvalue weighted by atomic mass is 9.34. The smallest absolute Gasteiger partial charge is 0.309 e. The number of phenols is 2. The lowest BCUT2D eigenvalue weighted by Gasteiger charge is -2.70. The third kappa shape index (κ3) is 3.65. The minimum absolute atomic E-state index is 0.0396. The summed E-state index contributed by atoms with van der Waals surface area (Å²) in [7, 11) is 0. The number of carboxylic acid groups (broad SMARTS) is 1. The summed E-state index contributed by atoms with van der Waals surface area (Å²) < 4.78 is 1.02. The molecule has 0 radical (unpaired) electrons. The van der Waals surface area contributed by atoms with Crippen molar-refractivity contribution in [3.8, 4) is 11.5 Å². The van der Waals surface area contributed by atoms with Crippen molar-refractivity contribution < 1.29 is 20.1 Å². The van der Waals surface area contributed by atoms with Gasteiger partial charge in [-0.3, -0.25) is 4.79 Å². The number of nitrogens with one attached hydrogen (secondary N) is 1. The van der Waals surface area contributed by atoms with E-state index >= 15 is 0 Å². The van der Waals surface area contributed by atoms with Gasteiger partial charge in [0, 0.05) is 32.9 Å². The number of aromatic hydroxyl groups is 2. The number of carboxylic acids is 1. The molecule has 5 nitrogen and oxygen atoms in total. The molecule has 0 bridgehead atoms. The zero-order valence-corrected chi connectivity index (χ0v) is 27.8. The molecule has 4 aliphatic rings. The van der Waals surface area contributed by atoms with Gasteiger partial charge in [-0.15, -0.1) is 0 Å². The number of halogens is 1. The van der Waals surface area contributed by atoms with E-state index in [2.05, 4.69) is 79.1 Å². The zero-order valence-electron chi connectivity index (χ0n) is 26.2. The van der Waals surface area contributed by atoms with Gasteiger partial charge in [-0.2, -0.15) is 0 Å². The molecule has 1 heterocycles. The number of hydrogen-bond donors (Lipinski definition) is 4. The second kappa shape index (κ2) is 8.93. The molecule has 4 N–H and O–H groups in total. The second-order valence-corrected chi connectivity index (χ2v) is 16.6. The largest absolute Gasteiger partial charge is 0.504 e. The summed E-state index contributed by atoms with van der Waals surface area (Å²) in [5.41, 5.74) is 5.52. The summed E-state index contributed by atoms with van der Waals surface area (Å²) in [6, 6.07) is 8.17. The fourth-order valence-electron chi connectivity index (χ4n) is 10.6. The molecule has 4 aliphatic carbocycles. The van der Waals surface area contributed by atoms with Crippen molar-refractivity contribution in [3.63, 3.8) is 0 Å². The highest BCUT2D eigenvalue weighted by molar-refractivity contribution is 9.10. The lowest BCUT2D eigenvalue weighted by molar-refractivity contribution is -0.177. The van der Waals surface area contributed by atoms with Crippen molar-refractivity contribution in [2.24, 2.45) is 27.6 Å². The molecule has 2 aromatic carbocycles. The van der Waals surface area contributed by atoms with Gasteiger partial charge in [-0.25, -0.2) is 0 Å². The first kappa shape index (κ1) is 29.0. The Balaban J connectivity index is 1.46. The quantitative estimate of drug-likeness (QED) is 0.165. The lowest BCUT2D eigenvalue weighted by Crippen LogP contribution is -2.62. The Kier molecular flexibility index (Phi) is 6.02. The molecule has 0 amide bonds. The summed E-state index contributed by atoms with van der Waals surface area (Å²) in [5.74, 6) is -0.544. The van der Waals surface area contributed by atoms with Gasteiger partial charge >= 0.3 is 5.97 Å². The Morgan fingerprint density at radius 1 is 0.977 bits per heavy atom. The normalized spacial score (nSPS) is 38.4. The van der Waals surface area contributed by atoms with E-state index in [1.165, 1.54) is 11.1 Å². The van der Waals surface area contributed by atoms with Crippen LogP contribution in [0.3, 0.4) is 0 Å². The summed E-state index contributed by atoms with van der Waals surface area (Å²) in [4.78, 5) is 16.0. The topological polar surface area (TPSA) is 93.5 Å². The molecule has 7 rings (SSSR count). The number of hydrogen-bond acceptors (Lipinski definition) is 3. The number of aromatic amines is 1. The maximum absolute atomic E-state index is 12.5. The van der Waals surface area contributed by atoms with Crippen LogP contribution < -0.4 is 0 Å². The van der Waals surface area contributed by atoms with Gasteiger partial charge in [-0.1, -0.05) is 61.3 Å². The average molecular weight is 647 g/mol. The first-order valence-corrected chi connectivity index (χ1v) is 16.7. The minimum Gasteiger partial charge on any atom is -0.504 e. The Morgan fingerprint density at radius 2 is 1.70 bits per heavy atom. The van der Waals surface area contributed by atoms with Gasteiger partial charge in [0.05, 0.1) is 5.41 Å². The van der Waals surface area contributed by atoms with Crippen molar-refractivity contribution in [1.29, 1.82) is 0 Å². The third-order valence-electron chi connectivity index (χ3n) is 13.6. The van der Waals surface area contributed by atoms with Crippen molar-refractivity contribution >= 4 is 32.8 Å². The van der Waals surface area contributed by atoms with Gasteiger partial charge in [-0.05, 0) is 121 Å². The van der Waals surface area contributed by atoms with Crippen LogP contribution in [-0.2, 0) is 10.2 Å². The Bertz CT molecular complexity index is 1740. The highest BCUT2D eigenvalue weighted by atomic mass is 79.9. The average Bonchev–Trinajstić information content (AvgIpc) is 3.37. The van der Waals surface area contributed by atoms with Crippen molar-refractivity contribution in [1.82, 2.24) is 4.98 Å². The van der Waals surface area contributed by atoms with Crippen LogP contribution in [0.4, 0.5) is 0 Å². The van der Waals surface area contributed by atoms with Crippen molar-refractivity contribution in [2.75, 3.05) is 0 Å². The number of fused-ring (bicyclic) bond motifs is 8. The van der Waals surface area contributed by atoms with Crippen molar-refractivity contribution in [2.45, 2.75) is 97.8 Å². The van der Waals surface area contributed by atoms with Crippen molar-refractivity contribution in [3.05, 3.63) is 68.8 Å². The molecule has 1 aromatic heterocycles. The highest BCUT2D eigenvalue weighted by Crippen LogP contribution is 2.75. The van der Waals surface area contributed by atoms with E-state index in [-0.39, 0.29) is 39.1 Å². The summed E-state index contributed by atoms with van der Waals surface area (Å²) in [5, 5.41) is 33.5. The van der Waals surface area contributed by atoms with E-state index in [4.69, 9.17) is 0 Å². The van der Waals surface area contributed by atoms with Gasteiger partial charge in [0.15, 0.2) is 11.5 Å². The molecule has 0 aliphatic heterocycles. The number of allylic oxidation sites excluding steroid dienone is 2. The number of rotatable bonds is 2. The van der Waals surface area contributed by atoms with E-state index in [0.29, 0.717) is 5.92 Å². The molecule has 228 valence electrons. The molecule has 0 unspecified atom stereocenters. The third-order valence-corrected chi connectivity index (χ3v) is 14.1. The van der Waals surface area contributed by atoms with Gasteiger partial charge in [0.2, 0.25) is 0 Å². The number of phenolic OH excluding ortho intramolecular Hbond substituents is 2. The maximum Gasteiger partial charge on any atom is 0.309 e. The summed E-state index contributed by atoms with van der Waals surface area (Å²) >= 11 is 3.62. The van der Waals surface area contributed by atoms with Crippen LogP contribution in [0.1, 0.15) is 108 Å². The van der Waals surface area contributed by atoms with Crippen LogP contribution in [0.25, 0.3) is 10.9 Å². The van der Waals surface area contributed by atoms with Gasteiger partial charge in [0.1, 0.15) is 0 Å². The Labute approximate surface area is 262 Å². The molecule has 0 spiro atoms. The van der Waals surface area contributed by atoms with E-state index in [9.17, 15) is 20.1 Å². The molecule has 7 atom stereocenters. The SMILES string of the molecule is Cc1c(O)c(O)cc2c1[C@H](c1c[nH]c3cc(Br)ccc13)C=C1[C@@]2(C)CC[C@@]2(C)[C@@H]3C[C@](C)(C(=O)O)CC[C@]3(C)CC[C@]12C. The minimum atomic E-state index is -0.693. The molecular weight excluding hydrogens is 602 g/mol. The summed E-state index contributed by atoms with van der Waals surface area (Å²) in [6.45, 7) is 13.6. The molecule has 0 saturated heterocycles.